The van der Waals surface area contributed by atoms with Gasteiger partial charge in [-0.3, -0.25) is 0 Å². The van der Waals surface area contributed by atoms with Crippen molar-refractivity contribution >= 4 is 23.4 Å². The lowest BCUT2D eigenvalue weighted by Gasteiger charge is -2.21. The van der Waals surface area contributed by atoms with E-state index in [2.05, 4.69) is 15.4 Å². The Labute approximate surface area is 104 Å². The van der Waals surface area contributed by atoms with Crippen LogP contribution >= 0.6 is 11.8 Å². The summed E-state index contributed by atoms with van der Waals surface area (Å²) in [6, 6.07) is 5.70. The lowest BCUT2D eigenvalue weighted by molar-refractivity contribution is 0.0995. The van der Waals surface area contributed by atoms with Gasteiger partial charge in [0.15, 0.2) is 5.65 Å². The summed E-state index contributed by atoms with van der Waals surface area (Å²) < 4.78 is 1.70. The van der Waals surface area contributed by atoms with Gasteiger partial charge in [0, 0.05) is 18.5 Å². The minimum atomic E-state index is -0.753. The summed E-state index contributed by atoms with van der Waals surface area (Å²) in [6.07, 6.45) is 3.81. The van der Waals surface area contributed by atoms with Crippen LogP contribution in [0.15, 0.2) is 24.4 Å². The maximum atomic E-state index is 10.0. The summed E-state index contributed by atoms with van der Waals surface area (Å²) in [4.78, 5) is 4.30. The summed E-state index contributed by atoms with van der Waals surface area (Å²) in [5, 5.41) is 17.3. The zero-order valence-electron chi connectivity index (χ0n) is 9.92. The Hall–Kier alpha value is -1.27. The van der Waals surface area contributed by atoms with Crippen LogP contribution in [0.4, 0.5) is 5.95 Å². The molecule has 0 aliphatic carbocycles. The third kappa shape index (κ3) is 3.10. The van der Waals surface area contributed by atoms with Gasteiger partial charge in [-0.05, 0) is 25.3 Å². The summed E-state index contributed by atoms with van der Waals surface area (Å²) in [6.45, 7) is 2.23. The molecule has 0 fully saturated rings. The fraction of sp³-hybridized carbons (Fsp3) is 0.455. The Morgan fingerprint density at radius 1 is 1.53 bits per heavy atom. The highest BCUT2D eigenvalue weighted by Gasteiger charge is 2.19. The van der Waals surface area contributed by atoms with E-state index in [9.17, 15) is 5.11 Å². The van der Waals surface area contributed by atoms with Crippen molar-refractivity contribution in [3.05, 3.63) is 24.4 Å². The molecule has 2 aromatic rings. The highest BCUT2D eigenvalue weighted by Crippen LogP contribution is 2.12. The third-order valence-electron chi connectivity index (χ3n) is 2.32. The predicted molar refractivity (Wildman–Crippen MR) is 70.5 cm³/mol. The van der Waals surface area contributed by atoms with Crippen molar-refractivity contribution < 1.29 is 5.11 Å². The number of anilines is 1. The fourth-order valence-electron chi connectivity index (χ4n) is 1.54. The van der Waals surface area contributed by atoms with E-state index in [1.165, 1.54) is 0 Å². The average molecular weight is 252 g/mol. The van der Waals surface area contributed by atoms with Crippen LogP contribution in [0.2, 0.25) is 0 Å². The first kappa shape index (κ1) is 12.2. The largest absolute Gasteiger partial charge is 0.387 e. The molecule has 2 heterocycles. The lowest BCUT2D eigenvalue weighted by atomic mass is 10.1. The van der Waals surface area contributed by atoms with Gasteiger partial charge in [0.05, 0.1) is 5.60 Å². The summed E-state index contributed by atoms with van der Waals surface area (Å²) in [5.74, 6) is 1.21. The Balaban J connectivity index is 2.04. The number of nitrogens with one attached hydrogen (secondary N) is 1. The SMILES string of the molecule is CSCC(C)(O)CNc1nc2ccccn2n1. The van der Waals surface area contributed by atoms with Crippen molar-refractivity contribution in [2.75, 3.05) is 23.9 Å². The molecule has 0 aliphatic heterocycles. The number of fused-ring (bicyclic) bond motifs is 1. The van der Waals surface area contributed by atoms with E-state index >= 15 is 0 Å². The zero-order valence-corrected chi connectivity index (χ0v) is 10.7. The molecular formula is C11H16N4OS. The van der Waals surface area contributed by atoms with Crippen LogP contribution in [0.1, 0.15) is 6.92 Å². The van der Waals surface area contributed by atoms with E-state index in [0.717, 1.165) is 5.65 Å². The molecule has 1 unspecified atom stereocenters. The van der Waals surface area contributed by atoms with Gasteiger partial charge in [-0.15, -0.1) is 5.10 Å². The quantitative estimate of drug-likeness (QED) is 0.838. The third-order valence-corrected chi connectivity index (χ3v) is 3.23. The maximum absolute atomic E-state index is 10.0. The van der Waals surface area contributed by atoms with Gasteiger partial charge >= 0.3 is 0 Å². The van der Waals surface area contributed by atoms with Crippen LogP contribution in [0.5, 0.6) is 0 Å². The number of aromatic nitrogens is 3. The smallest absolute Gasteiger partial charge is 0.243 e. The fourth-order valence-corrected chi connectivity index (χ4v) is 2.26. The number of aliphatic hydroxyl groups is 1. The van der Waals surface area contributed by atoms with Crippen LogP contribution in [0, 0.1) is 0 Å². The van der Waals surface area contributed by atoms with Crippen molar-refractivity contribution in [3.63, 3.8) is 0 Å². The molecule has 0 aliphatic rings. The van der Waals surface area contributed by atoms with Crippen LogP contribution in [0.25, 0.3) is 5.65 Å². The molecule has 2 aromatic heterocycles. The molecule has 6 heteroatoms. The van der Waals surface area contributed by atoms with Crippen molar-refractivity contribution in [1.29, 1.82) is 0 Å². The summed E-state index contributed by atoms with van der Waals surface area (Å²) in [7, 11) is 0. The standard InChI is InChI=1S/C11H16N4OS/c1-11(16,8-17-2)7-12-10-13-9-5-3-4-6-15(9)14-10/h3-6,16H,7-8H2,1-2H3,(H,12,14). The van der Waals surface area contributed by atoms with Gasteiger partial charge in [-0.25, -0.2) is 4.52 Å². The Morgan fingerprint density at radius 3 is 3.06 bits per heavy atom. The van der Waals surface area contributed by atoms with Gasteiger partial charge in [0.1, 0.15) is 0 Å². The van der Waals surface area contributed by atoms with Crippen molar-refractivity contribution in [2.45, 2.75) is 12.5 Å². The van der Waals surface area contributed by atoms with E-state index in [1.54, 1.807) is 23.2 Å². The second kappa shape index (κ2) is 4.93. The van der Waals surface area contributed by atoms with E-state index in [4.69, 9.17) is 0 Å². The first-order valence-electron chi connectivity index (χ1n) is 5.37. The molecule has 5 nitrogen and oxygen atoms in total. The van der Waals surface area contributed by atoms with Crippen molar-refractivity contribution in [1.82, 2.24) is 14.6 Å². The van der Waals surface area contributed by atoms with Crippen molar-refractivity contribution in [3.8, 4) is 0 Å². The second-order valence-electron chi connectivity index (χ2n) is 4.22. The van der Waals surface area contributed by atoms with Crippen LogP contribution in [-0.4, -0.2) is 43.9 Å². The number of rotatable bonds is 5. The minimum Gasteiger partial charge on any atom is -0.387 e. The normalized spacial score (nSPS) is 14.8. The van der Waals surface area contributed by atoms with Crippen LogP contribution < -0.4 is 5.32 Å². The minimum absolute atomic E-state index is 0.435. The monoisotopic (exact) mass is 252 g/mol. The second-order valence-corrected chi connectivity index (χ2v) is 5.09. The first-order valence-corrected chi connectivity index (χ1v) is 6.77. The van der Waals surface area contributed by atoms with Gasteiger partial charge in [0.2, 0.25) is 5.95 Å². The van der Waals surface area contributed by atoms with Gasteiger partial charge < -0.3 is 10.4 Å². The van der Waals surface area contributed by atoms with Gasteiger partial charge in [-0.2, -0.15) is 16.7 Å². The predicted octanol–water partition coefficient (Wildman–Crippen LogP) is 1.26. The summed E-state index contributed by atoms with van der Waals surface area (Å²) >= 11 is 1.61. The Bertz CT molecular complexity index is 464. The molecule has 2 rings (SSSR count). The molecule has 92 valence electrons. The van der Waals surface area contributed by atoms with Crippen LogP contribution in [0.3, 0.4) is 0 Å². The lowest BCUT2D eigenvalue weighted by Crippen LogP contribution is -2.36. The number of nitrogens with zero attached hydrogens (tertiary/aromatic N) is 3. The topological polar surface area (TPSA) is 62.5 Å². The highest BCUT2D eigenvalue weighted by molar-refractivity contribution is 7.98. The molecule has 0 amide bonds. The molecule has 1 atom stereocenters. The molecule has 0 aromatic carbocycles. The van der Waals surface area contributed by atoms with E-state index < -0.39 is 5.60 Å². The Kier molecular flexibility index (Phi) is 3.54. The Morgan fingerprint density at radius 2 is 2.35 bits per heavy atom. The summed E-state index contributed by atoms with van der Waals surface area (Å²) in [5.41, 5.74) is 0.0381. The molecule has 17 heavy (non-hydrogen) atoms. The molecule has 0 bridgehead atoms. The number of thioether (sulfide) groups is 1. The van der Waals surface area contributed by atoms with Gasteiger partial charge in [0.25, 0.3) is 0 Å². The van der Waals surface area contributed by atoms with E-state index in [1.807, 2.05) is 30.7 Å². The maximum Gasteiger partial charge on any atom is 0.243 e. The molecule has 0 saturated carbocycles. The number of pyridine rings is 1. The van der Waals surface area contributed by atoms with E-state index in [-0.39, 0.29) is 0 Å². The number of hydrogen-bond donors (Lipinski definition) is 2. The highest BCUT2D eigenvalue weighted by atomic mass is 32.2. The molecule has 0 radical (unpaired) electrons. The molecule has 2 N–H and O–H groups in total. The van der Waals surface area contributed by atoms with Crippen LogP contribution in [-0.2, 0) is 0 Å². The first-order chi connectivity index (χ1) is 8.11. The molecular weight excluding hydrogens is 236 g/mol. The number of hydrogen-bond acceptors (Lipinski definition) is 5. The van der Waals surface area contributed by atoms with Crippen molar-refractivity contribution in [2.24, 2.45) is 0 Å². The zero-order chi connectivity index (χ0) is 12.3. The average Bonchev–Trinajstić information content (AvgIpc) is 2.69. The molecule has 0 saturated heterocycles. The van der Waals surface area contributed by atoms with E-state index in [0.29, 0.717) is 18.2 Å². The molecule has 0 spiro atoms. The van der Waals surface area contributed by atoms with Gasteiger partial charge in [-0.1, -0.05) is 6.07 Å².